The molecule has 4 heterocycles. The molecule has 4 aromatic heterocycles. The quantitative estimate of drug-likeness (QED) is 0.161. The lowest BCUT2D eigenvalue weighted by Gasteiger charge is -2.16. The van der Waals surface area contributed by atoms with Crippen LogP contribution in [0.5, 0.6) is 0 Å². The molecule has 0 bridgehead atoms. The van der Waals surface area contributed by atoms with Gasteiger partial charge in [-0.25, -0.2) is 19.9 Å². The van der Waals surface area contributed by atoms with Crippen molar-refractivity contribution in [3.8, 4) is 67.9 Å². The number of aromatic nitrogens is 6. The van der Waals surface area contributed by atoms with Crippen molar-refractivity contribution in [3.63, 3.8) is 0 Å². The van der Waals surface area contributed by atoms with Gasteiger partial charge in [0.05, 0.1) is 22.1 Å². The van der Waals surface area contributed by atoms with E-state index in [0.717, 1.165) is 72.5 Å². The van der Waals surface area contributed by atoms with Gasteiger partial charge in [0.2, 0.25) is 0 Å². The number of para-hydroxylation sites is 4. The zero-order valence-electron chi connectivity index (χ0n) is 33.5. The first-order valence-electron chi connectivity index (χ1n) is 20.8. The largest absolute Gasteiger partial charge is 0.309 e. The summed E-state index contributed by atoms with van der Waals surface area (Å²) < 4.78 is 4.62. The van der Waals surface area contributed by atoms with Crippen molar-refractivity contribution in [2.75, 3.05) is 0 Å². The zero-order valence-corrected chi connectivity index (χ0v) is 33.5. The Labute approximate surface area is 357 Å². The number of nitrogens with zero attached hydrogens (tertiary/aromatic N) is 6. The van der Waals surface area contributed by atoms with E-state index in [1.807, 2.05) is 42.6 Å². The molecule has 0 radical (unpaired) electrons. The number of hydrogen-bond donors (Lipinski definition) is 0. The minimum atomic E-state index is 0.587. The molecule has 0 fully saturated rings. The van der Waals surface area contributed by atoms with E-state index in [1.54, 1.807) is 0 Å². The maximum atomic E-state index is 5.27. The second kappa shape index (κ2) is 14.7. The zero-order chi connectivity index (χ0) is 41.0. The summed E-state index contributed by atoms with van der Waals surface area (Å²) in [5.74, 6) is 2.64. The van der Waals surface area contributed by atoms with Crippen molar-refractivity contribution >= 4 is 43.6 Å². The fourth-order valence-electron chi connectivity index (χ4n) is 8.95. The number of hydrogen-bond acceptors (Lipinski definition) is 4. The lowest BCUT2D eigenvalue weighted by molar-refractivity contribution is 1.07. The number of pyridine rings is 1. The van der Waals surface area contributed by atoms with Gasteiger partial charge in [0.15, 0.2) is 17.5 Å². The Morgan fingerprint density at radius 1 is 0.290 bits per heavy atom. The van der Waals surface area contributed by atoms with Crippen LogP contribution in [0.4, 0.5) is 0 Å². The molecule has 0 N–H and O–H groups in total. The standard InChI is InChI=1S/C56H36N6/c1-3-17-37(18-4-1)42-35-48(56(57-36-42)62-51-31-13-9-27-46(51)47-28-10-14-32-52(47)62)39-21-15-22-40(33-39)54-58-53(38-19-5-2-6-20-38)59-55(60-54)41-23-16-24-43(34-41)61-49-29-11-7-25-44(49)45-26-8-12-30-50(45)61/h1-36H. The van der Waals surface area contributed by atoms with Gasteiger partial charge in [0.25, 0.3) is 0 Å². The summed E-state index contributed by atoms with van der Waals surface area (Å²) in [5.41, 5.74) is 12.4. The van der Waals surface area contributed by atoms with Crippen LogP contribution in [0, 0.1) is 0 Å². The Morgan fingerprint density at radius 3 is 1.27 bits per heavy atom. The van der Waals surface area contributed by atoms with Crippen LogP contribution in [0.2, 0.25) is 0 Å². The van der Waals surface area contributed by atoms with Gasteiger partial charge in [-0.05, 0) is 59.7 Å². The van der Waals surface area contributed by atoms with Crippen LogP contribution in [0.25, 0.3) is 112 Å². The van der Waals surface area contributed by atoms with E-state index in [0.29, 0.717) is 17.5 Å². The van der Waals surface area contributed by atoms with Crippen molar-refractivity contribution in [1.82, 2.24) is 29.1 Å². The summed E-state index contributed by atoms with van der Waals surface area (Å²) in [6, 6.07) is 74.1. The van der Waals surface area contributed by atoms with Crippen molar-refractivity contribution in [2.45, 2.75) is 0 Å². The van der Waals surface area contributed by atoms with Gasteiger partial charge in [-0.15, -0.1) is 0 Å². The SMILES string of the molecule is c1ccc(-c2cnc(-n3c4ccccc4c4ccccc43)c(-c3cccc(-c4nc(-c5ccccc5)nc(-c5cccc(-n6c7ccccc7c7ccccc76)c5)n4)c3)c2)cc1. The fraction of sp³-hybridized carbons (Fsp3) is 0. The van der Waals surface area contributed by atoms with E-state index in [9.17, 15) is 0 Å². The summed E-state index contributed by atoms with van der Waals surface area (Å²) in [6.45, 7) is 0. The Kier molecular flexibility index (Phi) is 8.38. The molecule has 0 aliphatic heterocycles. The Morgan fingerprint density at radius 2 is 0.710 bits per heavy atom. The molecule has 12 aromatic rings. The highest BCUT2D eigenvalue weighted by molar-refractivity contribution is 6.10. The molecule has 0 aliphatic rings. The second-order valence-corrected chi connectivity index (χ2v) is 15.5. The van der Waals surface area contributed by atoms with Crippen LogP contribution < -0.4 is 0 Å². The third-order valence-corrected chi connectivity index (χ3v) is 11.8. The van der Waals surface area contributed by atoms with Gasteiger partial charge in [-0.1, -0.05) is 164 Å². The predicted molar refractivity (Wildman–Crippen MR) is 253 cm³/mol. The van der Waals surface area contributed by atoms with Crippen LogP contribution in [-0.2, 0) is 0 Å². The van der Waals surface area contributed by atoms with Crippen molar-refractivity contribution < 1.29 is 0 Å². The first-order chi connectivity index (χ1) is 30.7. The normalized spacial score (nSPS) is 11.5. The molecule has 6 heteroatoms. The van der Waals surface area contributed by atoms with Crippen LogP contribution >= 0.6 is 0 Å². The Hall–Kier alpha value is -8.48. The average molecular weight is 793 g/mol. The average Bonchev–Trinajstić information content (AvgIpc) is 3.87. The molecule has 8 aromatic carbocycles. The highest BCUT2D eigenvalue weighted by Crippen LogP contribution is 2.39. The van der Waals surface area contributed by atoms with E-state index in [2.05, 4.69) is 185 Å². The fourth-order valence-corrected chi connectivity index (χ4v) is 8.95. The molecular formula is C56H36N6. The summed E-state index contributed by atoms with van der Waals surface area (Å²) in [7, 11) is 0. The first-order valence-corrected chi connectivity index (χ1v) is 20.8. The van der Waals surface area contributed by atoms with Gasteiger partial charge < -0.3 is 4.57 Å². The van der Waals surface area contributed by atoms with Crippen LogP contribution in [0.1, 0.15) is 0 Å². The molecule has 290 valence electrons. The van der Waals surface area contributed by atoms with Crippen molar-refractivity contribution in [1.29, 1.82) is 0 Å². The van der Waals surface area contributed by atoms with Crippen LogP contribution in [0.15, 0.2) is 219 Å². The van der Waals surface area contributed by atoms with E-state index >= 15 is 0 Å². The highest BCUT2D eigenvalue weighted by atomic mass is 15.1. The Balaban J connectivity index is 1.04. The molecule has 12 rings (SSSR count). The third kappa shape index (κ3) is 5.96. The molecule has 0 atom stereocenters. The van der Waals surface area contributed by atoms with Crippen molar-refractivity contribution in [3.05, 3.63) is 219 Å². The molecule has 6 nitrogen and oxygen atoms in total. The molecular weight excluding hydrogens is 757 g/mol. The van der Waals surface area contributed by atoms with Crippen LogP contribution in [-0.4, -0.2) is 29.1 Å². The van der Waals surface area contributed by atoms with Crippen LogP contribution in [0.3, 0.4) is 0 Å². The molecule has 0 amide bonds. The number of rotatable bonds is 7. The summed E-state index contributed by atoms with van der Waals surface area (Å²) >= 11 is 0. The summed E-state index contributed by atoms with van der Waals surface area (Å²) in [6.07, 6.45) is 1.99. The van der Waals surface area contributed by atoms with E-state index in [4.69, 9.17) is 19.9 Å². The molecule has 0 saturated carbocycles. The van der Waals surface area contributed by atoms with Gasteiger partial charge in [-0.3, -0.25) is 4.57 Å². The van der Waals surface area contributed by atoms with E-state index in [1.165, 1.54) is 21.5 Å². The second-order valence-electron chi connectivity index (χ2n) is 15.5. The van der Waals surface area contributed by atoms with Gasteiger partial charge in [0, 0.05) is 61.2 Å². The number of benzene rings is 8. The lowest BCUT2D eigenvalue weighted by Crippen LogP contribution is -2.02. The summed E-state index contributed by atoms with van der Waals surface area (Å²) in [4.78, 5) is 20.8. The summed E-state index contributed by atoms with van der Waals surface area (Å²) in [5, 5.41) is 4.80. The first kappa shape index (κ1) is 35.5. The molecule has 0 unspecified atom stereocenters. The monoisotopic (exact) mass is 792 g/mol. The Bertz CT molecular complexity index is 3540. The highest BCUT2D eigenvalue weighted by Gasteiger charge is 2.20. The van der Waals surface area contributed by atoms with Gasteiger partial charge >= 0.3 is 0 Å². The van der Waals surface area contributed by atoms with Gasteiger partial charge in [0.1, 0.15) is 5.82 Å². The minimum Gasteiger partial charge on any atom is -0.309 e. The molecule has 0 saturated heterocycles. The topological polar surface area (TPSA) is 61.4 Å². The molecule has 62 heavy (non-hydrogen) atoms. The molecule has 0 aliphatic carbocycles. The maximum Gasteiger partial charge on any atom is 0.164 e. The number of fused-ring (bicyclic) bond motifs is 6. The minimum absolute atomic E-state index is 0.587. The predicted octanol–water partition coefficient (Wildman–Crippen LogP) is 13.8. The maximum absolute atomic E-state index is 5.27. The smallest absolute Gasteiger partial charge is 0.164 e. The van der Waals surface area contributed by atoms with E-state index < -0.39 is 0 Å². The van der Waals surface area contributed by atoms with E-state index in [-0.39, 0.29) is 0 Å². The molecule has 0 spiro atoms. The van der Waals surface area contributed by atoms with Gasteiger partial charge in [-0.2, -0.15) is 0 Å². The van der Waals surface area contributed by atoms with Crippen molar-refractivity contribution in [2.24, 2.45) is 0 Å². The lowest BCUT2D eigenvalue weighted by atomic mass is 9.99. The third-order valence-electron chi connectivity index (χ3n) is 11.8.